The smallest absolute Gasteiger partial charge is 0.273 e. The van der Waals surface area contributed by atoms with Crippen LogP contribution in [0.3, 0.4) is 0 Å². The van der Waals surface area contributed by atoms with Crippen molar-refractivity contribution < 1.29 is 4.79 Å². The number of hydrogen-bond acceptors (Lipinski definition) is 6. The lowest BCUT2D eigenvalue weighted by Gasteiger charge is -2.32. The van der Waals surface area contributed by atoms with E-state index in [1.165, 1.54) is 11.3 Å². The number of anilines is 1. The van der Waals surface area contributed by atoms with Crippen LogP contribution in [0.25, 0.3) is 0 Å². The molecule has 0 radical (unpaired) electrons. The molecule has 2 aromatic heterocycles. The molecule has 6 nitrogen and oxygen atoms in total. The van der Waals surface area contributed by atoms with Gasteiger partial charge in [-0.3, -0.25) is 9.78 Å². The third-order valence-electron chi connectivity index (χ3n) is 3.95. The fraction of sp³-hybridized carbons (Fsp3) is 0.467. The van der Waals surface area contributed by atoms with Crippen LogP contribution in [0.15, 0.2) is 23.3 Å². The first-order valence-electron chi connectivity index (χ1n) is 7.43. The van der Waals surface area contributed by atoms with Gasteiger partial charge in [-0.1, -0.05) is 0 Å². The van der Waals surface area contributed by atoms with E-state index < -0.39 is 0 Å². The number of aromatic nitrogens is 3. The second-order valence-corrected chi connectivity index (χ2v) is 6.16. The summed E-state index contributed by atoms with van der Waals surface area (Å²) in [6.07, 6.45) is 6.38. The average Bonchev–Trinajstić information content (AvgIpc) is 3.09. The molecule has 1 fully saturated rings. The van der Waals surface area contributed by atoms with Crippen molar-refractivity contribution in [1.29, 1.82) is 0 Å². The van der Waals surface area contributed by atoms with E-state index in [1.54, 1.807) is 17.9 Å². The molecular formula is C15H19N5OS. The van der Waals surface area contributed by atoms with Crippen molar-refractivity contribution in [3.8, 4) is 0 Å². The van der Waals surface area contributed by atoms with Crippen molar-refractivity contribution in [2.24, 2.45) is 5.92 Å². The van der Waals surface area contributed by atoms with E-state index in [1.807, 2.05) is 17.3 Å². The molecular weight excluding hydrogens is 298 g/mol. The Morgan fingerprint density at radius 2 is 2.27 bits per heavy atom. The highest BCUT2D eigenvalue weighted by Crippen LogP contribution is 2.23. The Labute approximate surface area is 133 Å². The van der Waals surface area contributed by atoms with Crippen LogP contribution in [0.1, 0.15) is 29.0 Å². The van der Waals surface area contributed by atoms with Gasteiger partial charge in [0, 0.05) is 37.9 Å². The number of piperidine rings is 1. The van der Waals surface area contributed by atoms with E-state index in [0.29, 0.717) is 11.6 Å². The number of nitrogens with zero attached hydrogens (tertiary/aromatic N) is 4. The van der Waals surface area contributed by atoms with Crippen LogP contribution < -0.4 is 5.32 Å². The predicted molar refractivity (Wildman–Crippen MR) is 86.0 cm³/mol. The Morgan fingerprint density at radius 3 is 3.05 bits per heavy atom. The Bertz CT molecular complexity index is 631. The minimum atomic E-state index is 0.0407. The van der Waals surface area contributed by atoms with Gasteiger partial charge < -0.3 is 10.2 Å². The van der Waals surface area contributed by atoms with Crippen LogP contribution >= 0.6 is 11.3 Å². The number of hydrogen-bond donors (Lipinski definition) is 1. The quantitative estimate of drug-likeness (QED) is 0.935. The number of carbonyl (C=O) groups is 1. The van der Waals surface area contributed by atoms with Gasteiger partial charge in [0.1, 0.15) is 11.5 Å². The van der Waals surface area contributed by atoms with E-state index in [9.17, 15) is 4.79 Å². The van der Waals surface area contributed by atoms with Crippen molar-refractivity contribution in [2.75, 3.05) is 25.5 Å². The molecule has 1 amide bonds. The van der Waals surface area contributed by atoms with Gasteiger partial charge in [-0.2, -0.15) is 0 Å². The van der Waals surface area contributed by atoms with Gasteiger partial charge >= 0.3 is 0 Å². The van der Waals surface area contributed by atoms with E-state index in [4.69, 9.17) is 0 Å². The van der Waals surface area contributed by atoms with Crippen molar-refractivity contribution in [3.63, 3.8) is 0 Å². The maximum atomic E-state index is 12.4. The number of amides is 1. The molecule has 22 heavy (non-hydrogen) atoms. The van der Waals surface area contributed by atoms with Crippen LogP contribution in [-0.4, -0.2) is 45.9 Å². The summed E-state index contributed by atoms with van der Waals surface area (Å²) in [4.78, 5) is 27.2. The summed E-state index contributed by atoms with van der Waals surface area (Å²) in [5.41, 5.74) is 3.23. The average molecular weight is 317 g/mol. The normalized spacial score (nSPS) is 18.2. The lowest BCUT2D eigenvalue weighted by Crippen LogP contribution is -2.40. The standard InChI is InChI=1S/C15H19N5OS/c1-16-14-12(17-4-5-18-14)7-11-3-2-6-20(8-11)15(21)13-9-22-10-19-13/h4-5,9-11H,2-3,6-8H2,1H3,(H,16,18)/t11-/m0/s1. The topological polar surface area (TPSA) is 71.0 Å². The second-order valence-electron chi connectivity index (χ2n) is 5.44. The predicted octanol–water partition coefficient (Wildman–Crippen LogP) is 2.07. The first-order valence-corrected chi connectivity index (χ1v) is 8.37. The van der Waals surface area contributed by atoms with Crippen molar-refractivity contribution >= 4 is 23.1 Å². The minimum Gasteiger partial charge on any atom is -0.372 e. The first kappa shape index (κ1) is 14.9. The summed E-state index contributed by atoms with van der Waals surface area (Å²) >= 11 is 1.46. The van der Waals surface area contributed by atoms with Gasteiger partial charge in [-0.05, 0) is 25.2 Å². The number of nitrogens with one attached hydrogen (secondary N) is 1. The highest BCUT2D eigenvalue weighted by atomic mass is 32.1. The minimum absolute atomic E-state index is 0.0407. The highest BCUT2D eigenvalue weighted by molar-refractivity contribution is 7.07. The van der Waals surface area contributed by atoms with Gasteiger partial charge in [-0.25, -0.2) is 9.97 Å². The second kappa shape index (κ2) is 6.83. The molecule has 2 aromatic rings. The third-order valence-corrected chi connectivity index (χ3v) is 4.54. The van der Waals surface area contributed by atoms with Crippen LogP contribution in [0.5, 0.6) is 0 Å². The molecule has 0 aromatic carbocycles. The summed E-state index contributed by atoms with van der Waals surface area (Å²) in [6, 6.07) is 0. The molecule has 0 bridgehead atoms. The van der Waals surface area contributed by atoms with Crippen LogP contribution in [0.4, 0.5) is 5.82 Å². The summed E-state index contributed by atoms with van der Waals surface area (Å²) in [6.45, 7) is 1.57. The Hall–Kier alpha value is -2.02. The van der Waals surface area contributed by atoms with E-state index in [0.717, 1.165) is 43.9 Å². The van der Waals surface area contributed by atoms with Crippen LogP contribution in [-0.2, 0) is 6.42 Å². The Kier molecular flexibility index (Phi) is 4.62. The molecule has 7 heteroatoms. The zero-order valence-corrected chi connectivity index (χ0v) is 13.3. The molecule has 1 saturated heterocycles. The van der Waals surface area contributed by atoms with Crippen molar-refractivity contribution in [1.82, 2.24) is 19.9 Å². The molecule has 1 aliphatic heterocycles. The van der Waals surface area contributed by atoms with Crippen LogP contribution in [0.2, 0.25) is 0 Å². The summed E-state index contributed by atoms with van der Waals surface area (Å²) in [5, 5.41) is 4.89. The molecule has 1 aliphatic rings. The number of likely N-dealkylation sites (tertiary alicyclic amines) is 1. The van der Waals surface area contributed by atoms with Gasteiger partial charge in [0.25, 0.3) is 5.91 Å². The Balaban J connectivity index is 1.67. The first-order chi connectivity index (χ1) is 10.8. The lowest BCUT2D eigenvalue weighted by molar-refractivity contribution is 0.0667. The molecule has 1 atom stereocenters. The molecule has 0 unspecified atom stereocenters. The lowest BCUT2D eigenvalue weighted by atomic mass is 9.93. The SMILES string of the molecule is CNc1nccnc1C[C@@H]1CCCN(C(=O)c2cscn2)C1. The van der Waals surface area contributed by atoms with E-state index >= 15 is 0 Å². The molecule has 116 valence electrons. The van der Waals surface area contributed by atoms with Crippen LogP contribution in [0, 0.1) is 5.92 Å². The van der Waals surface area contributed by atoms with Gasteiger partial charge in [-0.15, -0.1) is 11.3 Å². The maximum absolute atomic E-state index is 12.4. The van der Waals surface area contributed by atoms with Gasteiger partial charge in [0.05, 0.1) is 11.2 Å². The highest BCUT2D eigenvalue weighted by Gasteiger charge is 2.26. The monoisotopic (exact) mass is 317 g/mol. The largest absolute Gasteiger partial charge is 0.372 e. The van der Waals surface area contributed by atoms with Gasteiger partial charge in [0.2, 0.25) is 0 Å². The number of carbonyl (C=O) groups excluding carboxylic acids is 1. The fourth-order valence-corrected chi connectivity index (χ4v) is 3.42. The van der Waals surface area contributed by atoms with Crippen molar-refractivity contribution in [3.05, 3.63) is 34.7 Å². The summed E-state index contributed by atoms with van der Waals surface area (Å²) in [7, 11) is 1.85. The molecule has 3 rings (SSSR count). The Morgan fingerprint density at radius 1 is 1.41 bits per heavy atom. The molecule has 0 aliphatic carbocycles. The number of rotatable bonds is 4. The maximum Gasteiger partial charge on any atom is 0.273 e. The zero-order chi connectivity index (χ0) is 15.4. The fourth-order valence-electron chi connectivity index (χ4n) is 2.89. The molecule has 1 N–H and O–H groups in total. The molecule has 3 heterocycles. The summed E-state index contributed by atoms with van der Waals surface area (Å²) in [5.74, 6) is 1.28. The van der Waals surface area contributed by atoms with E-state index in [2.05, 4.69) is 20.3 Å². The number of thiazole rings is 1. The molecule has 0 saturated carbocycles. The van der Waals surface area contributed by atoms with Gasteiger partial charge in [0.15, 0.2) is 0 Å². The molecule has 0 spiro atoms. The van der Waals surface area contributed by atoms with E-state index in [-0.39, 0.29) is 5.91 Å². The zero-order valence-electron chi connectivity index (χ0n) is 12.5. The third kappa shape index (κ3) is 3.24. The summed E-state index contributed by atoms with van der Waals surface area (Å²) < 4.78 is 0. The van der Waals surface area contributed by atoms with Crippen molar-refractivity contribution in [2.45, 2.75) is 19.3 Å².